The summed E-state index contributed by atoms with van der Waals surface area (Å²) in [4.78, 5) is 4.24. The van der Waals surface area contributed by atoms with E-state index in [2.05, 4.69) is 53.5 Å². The Morgan fingerprint density at radius 3 is 2.76 bits per heavy atom. The molecule has 1 N–H and O–H groups in total. The van der Waals surface area contributed by atoms with Crippen LogP contribution in [0, 0.1) is 0 Å². The van der Waals surface area contributed by atoms with Crippen molar-refractivity contribution in [2.75, 3.05) is 0 Å². The van der Waals surface area contributed by atoms with Crippen molar-refractivity contribution in [3.63, 3.8) is 0 Å². The molecular weight excluding hydrogens is 212 g/mol. The van der Waals surface area contributed by atoms with E-state index in [0.29, 0.717) is 6.04 Å². The van der Waals surface area contributed by atoms with Gasteiger partial charge in [0.15, 0.2) is 0 Å². The lowest BCUT2D eigenvalue weighted by Gasteiger charge is -2.13. The molecule has 0 fully saturated rings. The zero-order chi connectivity index (χ0) is 12.1. The van der Waals surface area contributed by atoms with Crippen molar-refractivity contribution in [3.8, 4) is 0 Å². The second-order valence-electron chi connectivity index (χ2n) is 4.01. The number of rotatable bonds is 5. The van der Waals surface area contributed by atoms with E-state index in [1.54, 1.807) is 6.33 Å². The number of hydrogen-bond donors (Lipinski definition) is 1. The molecule has 4 nitrogen and oxygen atoms in total. The highest BCUT2D eigenvalue weighted by Gasteiger charge is 2.06. The van der Waals surface area contributed by atoms with Crippen LogP contribution in [0.2, 0.25) is 0 Å². The summed E-state index contributed by atoms with van der Waals surface area (Å²) in [7, 11) is 0. The monoisotopic (exact) mass is 230 g/mol. The third-order valence-electron chi connectivity index (χ3n) is 2.86. The van der Waals surface area contributed by atoms with Crippen LogP contribution in [0.15, 0.2) is 36.7 Å². The lowest BCUT2D eigenvalue weighted by Crippen LogP contribution is -2.20. The third kappa shape index (κ3) is 2.91. The predicted molar refractivity (Wildman–Crippen MR) is 67.4 cm³/mol. The van der Waals surface area contributed by atoms with E-state index in [1.165, 1.54) is 5.56 Å². The van der Waals surface area contributed by atoms with Crippen LogP contribution in [0.25, 0.3) is 0 Å². The number of nitrogens with one attached hydrogen (secondary N) is 1. The Bertz CT molecular complexity index is 449. The van der Waals surface area contributed by atoms with Crippen molar-refractivity contribution in [2.45, 2.75) is 33.0 Å². The van der Waals surface area contributed by atoms with Gasteiger partial charge in [-0.15, -0.1) is 0 Å². The van der Waals surface area contributed by atoms with Gasteiger partial charge in [0.25, 0.3) is 0 Å². The molecule has 0 amide bonds. The van der Waals surface area contributed by atoms with Gasteiger partial charge in [-0.3, -0.25) is 0 Å². The van der Waals surface area contributed by atoms with Gasteiger partial charge in [0.1, 0.15) is 12.2 Å². The van der Waals surface area contributed by atoms with Gasteiger partial charge in [-0.25, -0.2) is 9.67 Å². The van der Waals surface area contributed by atoms with Gasteiger partial charge in [0.2, 0.25) is 0 Å². The highest BCUT2D eigenvalue weighted by molar-refractivity contribution is 5.18. The summed E-state index contributed by atoms with van der Waals surface area (Å²) < 4.78 is 1.91. The average Bonchev–Trinajstić information content (AvgIpc) is 2.84. The first kappa shape index (κ1) is 11.8. The van der Waals surface area contributed by atoms with Crippen molar-refractivity contribution < 1.29 is 0 Å². The summed E-state index contributed by atoms with van der Waals surface area (Å²) in [6, 6.07) is 10.7. The van der Waals surface area contributed by atoms with E-state index in [4.69, 9.17) is 0 Å². The zero-order valence-corrected chi connectivity index (χ0v) is 10.3. The van der Waals surface area contributed by atoms with Crippen LogP contribution >= 0.6 is 0 Å². The zero-order valence-electron chi connectivity index (χ0n) is 10.3. The SMILES string of the molecule is CCn1ncnc1CNC(C)c1ccccc1. The molecule has 1 aromatic carbocycles. The quantitative estimate of drug-likeness (QED) is 0.855. The highest BCUT2D eigenvalue weighted by Crippen LogP contribution is 2.11. The molecule has 0 radical (unpaired) electrons. The summed E-state index contributed by atoms with van der Waals surface area (Å²) in [5.41, 5.74) is 1.29. The van der Waals surface area contributed by atoms with Gasteiger partial charge < -0.3 is 5.32 Å². The van der Waals surface area contributed by atoms with Crippen LogP contribution in [0.4, 0.5) is 0 Å². The molecular formula is C13H18N4. The van der Waals surface area contributed by atoms with Crippen LogP contribution in [0.1, 0.15) is 31.3 Å². The summed E-state index contributed by atoms with van der Waals surface area (Å²) >= 11 is 0. The molecule has 0 saturated carbocycles. The normalized spacial score (nSPS) is 12.6. The number of aromatic nitrogens is 3. The Balaban J connectivity index is 1.95. The maximum atomic E-state index is 4.24. The lowest BCUT2D eigenvalue weighted by atomic mass is 10.1. The molecule has 90 valence electrons. The maximum absolute atomic E-state index is 4.24. The van der Waals surface area contributed by atoms with E-state index < -0.39 is 0 Å². The number of aryl methyl sites for hydroxylation is 1. The Kier molecular flexibility index (Phi) is 3.88. The van der Waals surface area contributed by atoms with E-state index in [1.807, 2.05) is 10.7 Å². The second kappa shape index (κ2) is 5.59. The molecule has 0 aliphatic carbocycles. The molecule has 17 heavy (non-hydrogen) atoms. The Morgan fingerprint density at radius 1 is 1.29 bits per heavy atom. The standard InChI is InChI=1S/C13H18N4/c1-3-17-13(15-10-16-17)9-14-11(2)12-7-5-4-6-8-12/h4-8,10-11,14H,3,9H2,1-2H3. The minimum Gasteiger partial charge on any atom is -0.303 e. The fraction of sp³-hybridized carbons (Fsp3) is 0.385. The smallest absolute Gasteiger partial charge is 0.140 e. The van der Waals surface area contributed by atoms with E-state index in [9.17, 15) is 0 Å². The maximum Gasteiger partial charge on any atom is 0.140 e. The number of hydrogen-bond acceptors (Lipinski definition) is 3. The molecule has 0 saturated heterocycles. The molecule has 1 heterocycles. The fourth-order valence-corrected chi connectivity index (χ4v) is 1.79. The summed E-state index contributed by atoms with van der Waals surface area (Å²) in [6.07, 6.45) is 1.60. The third-order valence-corrected chi connectivity index (χ3v) is 2.86. The highest BCUT2D eigenvalue weighted by atomic mass is 15.3. The predicted octanol–water partition coefficient (Wildman–Crippen LogP) is 2.15. The van der Waals surface area contributed by atoms with Crippen LogP contribution in [0.3, 0.4) is 0 Å². The Labute approximate surface area is 102 Å². The minimum atomic E-state index is 0.318. The molecule has 0 bridgehead atoms. The minimum absolute atomic E-state index is 0.318. The molecule has 1 aromatic heterocycles. The van der Waals surface area contributed by atoms with Crippen LogP contribution in [-0.2, 0) is 13.1 Å². The van der Waals surface area contributed by atoms with Gasteiger partial charge in [-0.1, -0.05) is 30.3 Å². The van der Waals surface area contributed by atoms with Gasteiger partial charge in [-0.2, -0.15) is 5.10 Å². The van der Waals surface area contributed by atoms with Crippen molar-refractivity contribution in [1.82, 2.24) is 20.1 Å². The summed E-state index contributed by atoms with van der Waals surface area (Å²) in [5, 5.41) is 7.60. The molecule has 0 spiro atoms. The Hall–Kier alpha value is -1.68. The van der Waals surface area contributed by atoms with Crippen LogP contribution < -0.4 is 5.32 Å². The largest absolute Gasteiger partial charge is 0.303 e. The van der Waals surface area contributed by atoms with E-state index in [0.717, 1.165) is 18.9 Å². The van der Waals surface area contributed by atoms with Crippen molar-refractivity contribution in [3.05, 3.63) is 48.0 Å². The molecule has 0 aliphatic rings. The molecule has 1 atom stereocenters. The van der Waals surface area contributed by atoms with Crippen LogP contribution in [-0.4, -0.2) is 14.8 Å². The fourth-order valence-electron chi connectivity index (χ4n) is 1.79. The number of benzene rings is 1. The van der Waals surface area contributed by atoms with Crippen molar-refractivity contribution in [2.24, 2.45) is 0 Å². The first-order valence-corrected chi connectivity index (χ1v) is 5.96. The molecule has 1 unspecified atom stereocenters. The number of nitrogens with zero attached hydrogens (tertiary/aromatic N) is 3. The van der Waals surface area contributed by atoms with E-state index >= 15 is 0 Å². The topological polar surface area (TPSA) is 42.7 Å². The molecule has 0 aliphatic heterocycles. The average molecular weight is 230 g/mol. The first-order valence-electron chi connectivity index (χ1n) is 5.96. The molecule has 2 aromatic rings. The van der Waals surface area contributed by atoms with Crippen molar-refractivity contribution >= 4 is 0 Å². The van der Waals surface area contributed by atoms with Gasteiger partial charge >= 0.3 is 0 Å². The van der Waals surface area contributed by atoms with Crippen molar-refractivity contribution in [1.29, 1.82) is 0 Å². The van der Waals surface area contributed by atoms with Gasteiger partial charge in [0.05, 0.1) is 6.54 Å². The molecule has 4 heteroatoms. The summed E-state index contributed by atoms with van der Waals surface area (Å²) in [5.74, 6) is 0.982. The lowest BCUT2D eigenvalue weighted by molar-refractivity contribution is 0.523. The first-order chi connectivity index (χ1) is 8.31. The molecule has 2 rings (SSSR count). The summed E-state index contributed by atoms with van der Waals surface area (Å²) in [6.45, 7) is 5.82. The van der Waals surface area contributed by atoms with E-state index in [-0.39, 0.29) is 0 Å². The Morgan fingerprint density at radius 2 is 2.06 bits per heavy atom. The van der Waals surface area contributed by atoms with Crippen LogP contribution in [0.5, 0.6) is 0 Å². The van der Waals surface area contributed by atoms with Gasteiger partial charge in [-0.05, 0) is 19.4 Å². The second-order valence-corrected chi connectivity index (χ2v) is 4.01. The van der Waals surface area contributed by atoms with Gasteiger partial charge in [0, 0.05) is 12.6 Å².